The van der Waals surface area contributed by atoms with Gasteiger partial charge in [-0.15, -0.1) is 0 Å². The van der Waals surface area contributed by atoms with Crippen LogP contribution >= 0.6 is 12.2 Å². The Morgan fingerprint density at radius 3 is 2.71 bits per heavy atom. The van der Waals surface area contributed by atoms with Gasteiger partial charge in [-0.1, -0.05) is 30.4 Å². The predicted octanol–water partition coefficient (Wildman–Crippen LogP) is 1.76. The molecule has 0 amide bonds. The predicted molar refractivity (Wildman–Crippen MR) is 74.9 cm³/mol. The van der Waals surface area contributed by atoms with Crippen molar-refractivity contribution in [2.75, 3.05) is 19.5 Å². The molecule has 0 aliphatic rings. The van der Waals surface area contributed by atoms with Crippen molar-refractivity contribution in [2.45, 2.75) is 0 Å². The van der Waals surface area contributed by atoms with Crippen LogP contribution in [0.4, 0.5) is 5.82 Å². The van der Waals surface area contributed by atoms with Gasteiger partial charge in [0.2, 0.25) is 0 Å². The molecule has 0 atom stereocenters. The van der Waals surface area contributed by atoms with Crippen molar-refractivity contribution in [2.24, 2.45) is 5.73 Å². The summed E-state index contributed by atoms with van der Waals surface area (Å²) in [5, 5.41) is 2.80. The number of thiocarbonyl (C=S) groups is 1. The molecule has 0 bridgehead atoms. The number of rotatable bonds is 3. The molecule has 0 fully saturated rings. The maximum absolute atomic E-state index is 5.74. The van der Waals surface area contributed by atoms with E-state index in [2.05, 4.69) is 10.4 Å². The lowest BCUT2D eigenvalue weighted by atomic mass is 10.1. The summed E-state index contributed by atoms with van der Waals surface area (Å²) < 4.78 is 0. The third kappa shape index (κ3) is 2.51. The molecule has 0 unspecified atom stereocenters. The Labute approximate surface area is 105 Å². The molecule has 17 heavy (non-hydrogen) atoms. The second-order valence-electron chi connectivity index (χ2n) is 3.94. The Balaban J connectivity index is 2.63. The van der Waals surface area contributed by atoms with Gasteiger partial charge in [0.05, 0.1) is 5.52 Å². The maximum atomic E-state index is 5.74. The molecule has 0 saturated carbocycles. The number of anilines is 1. The third-order valence-corrected chi connectivity index (χ3v) is 2.54. The van der Waals surface area contributed by atoms with Gasteiger partial charge in [-0.25, -0.2) is 9.99 Å². The van der Waals surface area contributed by atoms with Crippen molar-refractivity contribution in [1.82, 2.24) is 9.99 Å². The first-order valence-electron chi connectivity index (χ1n) is 5.21. The number of para-hydroxylation sites is 1. The average molecular weight is 246 g/mol. The lowest BCUT2D eigenvalue weighted by Crippen LogP contribution is -2.21. The highest BCUT2D eigenvalue weighted by atomic mass is 32.1. The first kappa shape index (κ1) is 11.8. The van der Waals surface area contributed by atoms with Gasteiger partial charge in [0.1, 0.15) is 10.8 Å². The van der Waals surface area contributed by atoms with E-state index in [1.165, 1.54) is 0 Å². The van der Waals surface area contributed by atoms with Crippen LogP contribution in [-0.2, 0) is 0 Å². The zero-order valence-corrected chi connectivity index (χ0v) is 10.6. The number of nitrogens with one attached hydrogen (secondary N) is 1. The molecule has 1 heterocycles. The minimum Gasteiger partial charge on any atom is -0.389 e. The molecule has 2 rings (SSSR count). The van der Waals surface area contributed by atoms with Crippen LogP contribution in [0, 0.1) is 0 Å². The molecule has 0 aliphatic carbocycles. The van der Waals surface area contributed by atoms with Crippen molar-refractivity contribution in [3.8, 4) is 0 Å². The van der Waals surface area contributed by atoms with Crippen LogP contribution in [0.15, 0.2) is 30.3 Å². The number of hydrogen-bond acceptors (Lipinski definition) is 4. The Morgan fingerprint density at radius 1 is 1.35 bits per heavy atom. The van der Waals surface area contributed by atoms with Crippen molar-refractivity contribution in [1.29, 1.82) is 0 Å². The highest BCUT2D eigenvalue weighted by Crippen LogP contribution is 2.20. The largest absolute Gasteiger partial charge is 0.389 e. The molecule has 0 radical (unpaired) electrons. The van der Waals surface area contributed by atoms with E-state index in [-0.39, 0.29) is 0 Å². The molecule has 88 valence electrons. The van der Waals surface area contributed by atoms with Gasteiger partial charge < -0.3 is 11.2 Å². The minimum absolute atomic E-state index is 0.380. The van der Waals surface area contributed by atoms with E-state index >= 15 is 0 Å². The van der Waals surface area contributed by atoms with E-state index in [1.54, 1.807) is 0 Å². The van der Waals surface area contributed by atoms with Crippen molar-refractivity contribution in [3.63, 3.8) is 0 Å². The molecular formula is C12H14N4S. The van der Waals surface area contributed by atoms with Crippen LogP contribution in [0.5, 0.6) is 0 Å². The summed E-state index contributed by atoms with van der Waals surface area (Å²) in [4.78, 5) is 4.87. The van der Waals surface area contributed by atoms with Gasteiger partial charge in [-0.05, 0) is 12.1 Å². The second kappa shape index (κ2) is 4.65. The van der Waals surface area contributed by atoms with Crippen LogP contribution in [-0.4, -0.2) is 29.1 Å². The lowest BCUT2D eigenvalue weighted by Gasteiger charge is -2.14. The van der Waals surface area contributed by atoms with Crippen LogP contribution < -0.4 is 11.2 Å². The van der Waals surface area contributed by atoms with Gasteiger partial charge in [0.15, 0.2) is 0 Å². The van der Waals surface area contributed by atoms with Gasteiger partial charge in [-0.3, -0.25) is 0 Å². The average Bonchev–Trinajstić information content (AvgIpc) is 2.27. The number of benzene rings is 1. The van der Waals surface area contributed by atoms with Crippen molar-refractivity contribution < 1.29 is 0 Å². The van der Waals surface area contributed by atoms with E-state index in [9.17, 15) is 0 Å². The second-order valence-corrected chi connectivity index (χ2v) is 4.38. The number of hydrazine groups is 1. The van der Waals surface area contributed by atoms with Gasteiger partial charge >= 0.3 is 0 Å². The monoisotopic (exact) mass is 246 g/mol. The van der Waals surface area contributed by atoms with Gasteiger partial charge in [0.25, 0.3) is 0 Å². The molecule has 0 saturated heterocycles. The summed E-state index contributed by atoms with van der Waals surface area (Å²) in [6.45, 7) is 0. The molecule has 1 aromatic carbocycles. The number of pyridine rings is 1. The molecular weight excluding hydrogens is 232 g/mol. The molecule has 4 nitrogen and oxygen atoms in total. The Bertz CT molecular complexity index is 565. The van der Waals surface area contributed by atoms with Crippen LogP contribution in [0.25, 0.3) is 10.9 Å². The fourth-order valence-electron chi connectivity index (χ4n) is 1.67. The number of nitrogens with zero attached hydrogens (tertiary/aromatic N) is 2. The topological polar surface area (TPSA) is 54.2 Å². The molecule has 5 heteroatoms. The SMILES string of the molecule is CN(C)Nc1cc(C(N)=S)c2ccccc2n1. The van der Waals surface area contributed by atoms with E-state index in [4.69, 9.17) is 18.0 Å². The van der Waals surface area contributed by atoms with Crippen molar-refractivity contribution in [3.05, 3.63) is 35.9 Å². The van der Waals surface area contributed by atoms with Crippen LogP contribution in [0.1, 0.15) is 5.56 Å². The summed E-state index contributed by atoms with van der Waals surface area (Å²) in [7, 11) is 3.80. The fraction of sp³-hybridized carbons (Fsp3) is 0.167. The number of nitrogens with two attached hydrogens (primary N) is 1. The maximum Gasteiger partial charge on any atom is 0.141 e. The Hall–Kier alpha value is -1.72. The Kier molecular flexibility index (Phi) is 3.21. The van der Waals surface area contributed by atoms with E-state index in [0.29, 0.717) is 4.99 Å². The van der Waals surface area contributed by atoms with Crippen LogP contribution in [0.2, 0.25) is 0 Å². The molecule has 3 N–H and O–H groups in total. The van der Waals surface area contributed by atoms with Crippen LogP contribution in [0.3, 0.4) is 0 Å². The highest BCUT2D eigenvalue weighted by molar-refractivity contribution is 7.80. The summed E-state index contributed by atoms with van der Waals surface area (Å²) in [6, 6.07) is 9.67. The number of aromatic nitrogens is 1. The van der Waals surface area contributed by atoms with E-state index < -0.39 is 0 Å². The zero-order valence-electron chi connectivity index (χ0n) is 9.77. The Morgan fingerprint density at radius 2 is 2.06 bits per heavy atom. The number of hydrogen-bond donors (Lipinski definition) is 2. The first-order chi connectivity index (χ1) is 8.08. The smallest absolute Gasteiger partial charge is 0.141 e. The quantitative estimate of drug-likeness (QED) is 0.638. The van der Waals surface area contributed by atoms with E-state index in [1.807, 2.05) is 49.4 Å². The molecule has 2 aromatic rings. The molecule has 0 aliphatic heterocycles. The first-order valence-corrected chi connectivity index (χ1v) is 5.62. The van der Waals surface area contributed by atoms with Crippen molar-refractivity contribution >= 4 is 33.9 Å². The normalized spacial score (nSPS) is 10.8. The highest BCUT2D eigenvalue weighted by Gasteiger charge is 2.07. The zero-order chi connectivity index (χ0) is 12.4. The fourth-order valence-corrected chi connectivity index (χ4v) is 1.83. The summed E-state index contributed by atoms with van der Waals surface area (Å²) >= 11 is 5.07. The third-order valence-electron chi connectivity index (χ3n) is 2.32. The summed E-state index contributed by atoms with van der Waals surface area (Å²) in [5.41, 5.74) is 10.6. The van der Waals surface area contributed by atoms with Gasteiger partial charge in [-0.2, -0.15) is 0 Å². The molecule has 1 aromatic heterocycles. The minimum atomic E-state index is 0.380. The summed E-state index contributed by atoms with van der Waals surface area (Å²) in [6.07, 6.45) is 0. The van der Waals surface area contributed by atoms with E-state index in [0.717, 1.165) is 22.3 Å². The molecule has 0 spiro atoms. The summed E-state index contributed by atoms with van der Waals surface area (Å²) in [5.74, 6) is 0.733. The van der Waals surface area contributed by atoms with Gasteiger partial charge in [0, 0.05) is 25.0 Å². The standard InChI is InChI=1S/C12H14N4S/c1-16(2)15-11-7-9(12(13)17)8-5-3-4-6-10(8)14-11/h3-7H,1-2H3,(H2,13,17)(H,14,15). The lowest BCUT2D eigenvalue weighted by molar-refractivity contribution is 0.492. The number of fused-ring (bicyclic) bond motifs is 1.